The van der Waals surface area contributed by atoms with Crippen molar-refractivity contribution in [1.29, 1.82) is 0 Å². The molecule has 0 saturated carbocycles. The van der Waals surface area contributed by atoms with Crippen molar-refractivity contribution < 1.29 is 15.0 Å². The number of nitrogens with one attached hydrogen (secondary N) is 2. The van der Waals surface area contributed by atoms with Crippen LogP contribution in [0.25, 0.3) is 16.8 Å². The molecule has 6 heteroatoms. The Kier molecular flexibility index (Phi) is 4.72. The van der Waals surface area contributed by atoms with Gasteiger partial charge in [0, 0.05) is 12.1 Å². The Morgan fingerprint density at radius 3 is 2.44 bits per heavy atom. The molecule has 0 atom stereocenters. The Hall–Kier alpha value is -2.86. The van der Waals surface area contributed by atoms with Crippen LogP contribution in [0.15, 0.2) is 35.1 Å². The Morgan fingerprint density at radius 1 is 1.20 bits per heavy atom. The number of carbonyl (C=O) groups is 1. The maximum Gasteiger partial charge on any atom is 0.345 e. The summed E-state index contributed by atoms with van der Waals surface area (Å²) < 4.78 is 0. The largest absolute Gasteiger partial charge is 0.506 e. The fourth-order valence-electron chi connectivity index (χ4n) is 3.15. The van der Waals surface area contributed by atoms with Gasteiger partial charge in [-0.2, -0.15) is 0 Å². The van der Waals surface area contributed by atoms with Crippen LogP contribution < -0.4 is 10.9 Å². The first-order chi connectivity index (χ1) is 12.0. The van der Waals surface area contributed by atoms with Crippen LogP contribution in [0.2, 0.25) is 0 Å². The second-order valence-corrected chi connectivity index (χ2v) is 5.95. The molecule has 0 bridgehead atoms. The lowest BCUT2D eigenvalue weighted by Gasteiger charge is -2.15. The minimum Gasteiger partial charge on any atom is -0.506 e. The number of aromatic nitrogens is 1. The first kappa shape index (κ1) is 17.0. The normalized spacial score (nSPS) is 14.2. The summed E-state index contributed by atoms with van der Waals surface area (Å²) in [6, 6.07) is 7.71. The van der Waals surface area contributed by atoms with E-state index in [-0.39, 0.29) is 0 Å². The van der Waals surface area contributed by atoms with E-state index >= 15 is 0 Å². The van der Waals surface area contributed by atoms with Gasteiger partial charge < -0.3 is 20.5 Å². The number of H-pyrrole nitrogens is 1. The lowest BCUT2D eigenvalue weighted by Crippen LogP contribution is -2.20. The average Bonchev–Trinajstić information content (AvgIpc) is 2.62. The molecule has 130 valence electrons. The number of hydrogen-bond acceptors (Lipinski definition) is 4. The fraction of sp³-hybridized carbons (Fsp3) is 0.263. The van der Waals surface area contributed by atoms with Gasteiger partial charge in [0.25, 0.3) is 5.56 Å². The number of rotatable bonds is 4. The molecule has 0 saturated heterocycles. The highest BCUT2D eigenvalue weighted by molar-refractivity contribution is 5.92. The van der Waals surface area contributed by atoms with E-state index in [4.69, 9.17) is 5.11 Å². The van der Waals surface area contributed by atoms with Gasteiger partial charge in [-0.15, -0.1) is 0 Å². The van der Waals surface area contributed by atoms with Gasteiger partial charge in [0.05, 0.1) is 5.69 Å². The molecule has 2 aromatic rings. The molecule has 0 radical (unpaired) electrons. The monoisotopic (exact) mass is 340 g/mol. The van der Waals surface area contributed by atoms with Crippen molar-refractivity contribution in [2.45, 2.75) is 19.8 Å². The maximum absolute atomic E-state index is 12.0. The van der Waals surface area contributed by atoms with Crippen LogP contribution in [0.3, 0.4) is 0 Å². The third-order valence-corrected chi connectivity index (χ3v) is 4.47. The van der Waals surface area contributed by atoms with E-state index < -0.39 is 22.8 Å². The second-order valence-electron chi connectivity index (χ2n) is 5.95. The zero-order valence-electron chi connectivity index (χ0n) is 13.9. The lowest BCUT2D eigenvalue weighted by molar-refractivity contribution is 0.0691. The number of aromatic hydroxyl groups is 1. The highest BCUT2D eigenvalue weighted by atomic mass is 16.4. The van der Waals surface area contributed by atoms with Crippen LogP contribution in [-0.2, 0) is 6.42 Å². The van der Waals surface area contributed by atoms with Crippen molar-refractivity contribution in [2.75, 3.05) is 13.1 Å². The predicted octanol–water partition coefficient (Wildman–Crippen LogP) is 2.38. The summed E-state index contributed by atoms with van der Waals surface area (Å²) in [7, 11) is 0. The van der Waals surface area contributed by atoms with Crippen molar-refractivity contribution in [3.63, 3.8) is 0 Å². The van der Waals surface area contributed by atoms with Crippen molar-refractivity contribution in [3.8, 4) is 17.0 Å². The van der Waals surface area contributed by atoms with E-state index in [0.29, 0.717) is 17.7 Å². The molecular weight excluding hydrogens is 320 g/mol. The zero-order chi connectivity index (χ0) is 18.0. The van der Waals surface area contributed by atoms with E-state index in [1.54, 1.807) is 6.92 Å². The molecule has 2 heterocycles. The Morgan fingerprint density at radius 2 is 1.88 bits per heavy atom. The third-order valence-electron chi connectivity index (χ3n) is 4.47. The number of aromatic carboxylic acids is 1. The van der Waals surface area contributed by atoms with Gasteiger partial charge in [-0.3, -0.25) is 4.79 Å². The average molecular weight is 340 g/mol. The van der Waals surface area contributed by atoms with Gasteiger partial charge in [0.15, 0.2) is 5.56 Å². The van der Waals surface area contributed by atoms with E-state index in [9.17, 15) is 14.7 Å². The van der Waals surface area contributed by atoms with Gasteiger partial charge in [-0.05, 0) is 36.1 Å². The van der Waals surface area contributed by atoms with E-state index in [2.05, 4.69) is 16.4 Å². The summed E-state index contributed by atoms with van der Waals surface area (Å²) in [6.45, 7) is 3.61. The Balaban J connectivity index is 2.06. The quantitative estimate of drug-likeness (QED) is 0.684. The number of benzene rings is 1. The summed E-state index contributed by atoms with van der Waals surface area (Å²) in [5.74, 6) is -1.90. The van der Waals surface area contributed by atoms with Crippen LogP contribution in [0.4, 0.5) is 0 Å². The molecule has 1 aliphatic rings. The summed E-state index contributed by atoms with van der Waals surface area (Å²) in [4.78, 5) is 25.8. The minimum atomic E-state index is -1.44. The molecule has 6 nitrogen and oxygen atoms in total. The summed E-state index contributed by atoms with van der Waals surface area (Å²) >= 11 is 0. The van der Waals surface area contributed by atoms with Gasteiger partial charge in [0.1, 0.15) is 5.75 Å². The second kappa shape index (κ2) is 6.94. The Bertz CT molecular complexity index is 895. The first-order valence-electron chi connectivity index (χ1n) is 8.25. The van der Waals surface area contributed by atoms with Crippen molar-refractivity contribution >= 4 is 11.5 Å². The number of aromatic amines is 1. The van der Waals surface area contributed by atoms with E-state index in [0.717, 1.165) is 30.6 Å². The topological polar surface area (TPSA) is 102 Å². The van der Waals surface area contributed by atoms with Crippen LogP contribution in [0, 0.1) is 0 Å². The van der Waals surface area contributed by atoms with Crippen LogP contribution in [0.5, 0.6) is 5.75 Å². The van der Waals surface area contributed by atoms with Crippen LogP contribution in [-0.4, -0.2) is 34.3 Å². The molecule has 3 rings (SSSR count). The molecule has 1 aromatic carbocycles. The molecule has 0 fully saturated rings. The summed E-state index contributed by atoms with van der Waals surface area (Å²) in [5.41, 5.74) is 2.60. The molecule has 0 unspecified atom stereocenters. The highest BCUT2D eigenvalue weighted by Crippen LogP contribution is 2.31. The van der Waals surface area contributed by atoms with Crippen LogP contribution in [0.1, 0.15) is 34.8 Å². The molecule has 1 aliphatic heterocycles. The van der Waals surface area contributed by atoms with Crippen LogP contribution >= 0.6 is 0 Å². The zero-order valence-corrected chi connectivity index (χ0v) is 13.9. The first-order valence-corrected chi connectivity index (χ1v) is 8.25. The molecule has 4 N–H and O–H groups in total. The highest BCUT2D eigenvalue weighted by Gasteiger charge is 2.21. The summed E-state index contributed by atoms with van der Waals surface area (Å²) in [5, 5.41) is 22.6. The predicted molar refractivity (Wildman–Crippen MR) is 96.0 cm³/mol. The number of pyridine rings is 1. The maximum atomic E-state index is 12.0. The van der Waals surface area contributed by atoms with Gasteiger partial charge >= 0.3 is 5.97 Å². The molecular formula is C19H20N2O4. The molecule has 25 heavy (non-hydrogen) atoms. The smallest absolute Gasteiger partial charge is 0.345 e. The van der Waals surface area contributed by atoms with Crippen molar-refractivity contribution in [3.05, 3.63) is 57.4 Å². The molecule has 1 aromatic heterocycles. The lowest BCUT2D eigenvalue weighted by atomic mass is 9.96. The third kappa shape index (κ3) is 3.21. The van der Waals surface area contributed by atoms with E-state index in [1.165, 1.54) is 5.57 Å². The minimum absolute atomic E-state index is 0.400. The molecule has 0 spiro atoms. The molecule has 0 aliphatic carbocycles. The van der Waals surface area contributed by atoms with E-state index in [1.807, 2.05) is 24.3 Å². The molecule has 0 amide bonds. The van der Waals surface area contributed by atoms with Gasteiger partial charge in [0.2, 0.25) is 0 Å². The van der Waals surface area contributed by atoms with Gasteiger partial charge in [-0.1, -0.05) is 37.3 Å². The fourth-order valence-corrected chi connectivity index (χ4v) is 3.15. The summed E-state index contributed by atoms with van der Waals surface area (Å²) in [6.07, 6.45) is 3.52. The number of hydrogen-bond donors (Lipinski definition) is 4. The number of carboxylic acid groups (broad SMARTS) is 1. The van der Waals surface area contributed by atoms with Crippen molar-refractivity contribution in [2.24, 2.45) is 0 Å². The van der Waals surface area contributed by atoms with Gasteiger partial charge in [-0.25, -0.2) is 4.79 Å². The SMILES string of the molecule is CCc1c(-c2ccc(C3=CCNCC3)cc2)[nH]c(=O)c(C(=O)O)c1O. The van der Waals surface area contributed by atoms with Crippen molar-refractivity contribution in [1.82, 2.24) is 10.3 Å². The number of carboxylic acids is 1. The Labute approximate surface area is 144 Å². The standard InChI is InChI=1S/C19H20N2O4/c1-2-14-16(21-18(23)15(17(14)22)19(24)25)13-5-3-11(4-6-13)12-7-9-20-10-8-12/h3-7,20H,2,8-10H2,1H3,(H,24,25)(H2,21,22,23).